The molecule has 0 aliphatic rings. The van der Waals surface area contributed by atoms with Gasteiger partial charge in [-0.3, -0.25) is 0 Å². The maximum absolute atomic E-state index is 13.6. The molecule has 0 radical (unpaired) electrons. The molecule has 0 atom stereocenters. The van der Waals surface area contributed by atoms with Gasteiger partial charge in [0, 0.05) is 48.7 Å². The number of nitrogens with zero attached hydrogens (tertiary/aromatic N) is 3. The largest absolute Gasteiger partial charge is 0.350 e. The highest BCUT2D eigenvalue weighted by Crippen LogP contribution is 2.19. The molecule has 0 amide bonds. The van der Waals surface area contributed by atoms with Crippen molar-refractivity contribution in [2.75, 3.05) is 5.32 Å². The zero-order valence-corrected chi connectivity index (χ0v) is 13.7. The van der Waals surface area contributed by atoms with E-state index < -0.39 is 11.6 Å². The van der Waals surface area contributed by atoms with Crippen LogP contribution < -0.4 is 5.32 Å². The van der Waals surface area contributed by atoms with Crippen molar-refractivity contribution in [2.45, 2.75) is 13.0 Å². The van der Waals surface area contributed by atoms with Crippen LogP contribution in [-0.4, -0.2) is 19.9 Å². The molecule has 1 aromatic carbocycles. The summed E-state index contributed by atoms with van der Waals surface area (Å²) < 4.78 is 26.8. The van der Waals surface area contributed by atoms with Crippen LogP contribution in [0, 0.1) is 11.6 Å². The van der Waals surface area contributed by atoms with Crippen molar-refractivity contribution < 1.29 is 8.78 Å². The smallest absolute Gasteiger partial charge is 0.222 e. The Bertz CT molecular complexity index is 1040. The normalized spacial score (nSPS) is 11.0. The molecule has 7 heteroatoms. The molecular formula is C19H15F2N5. The van der Waals surface area contributed by atoms with Crippen LogP contribution in [0.5, 0.6) is 0 Å². The Kier molecular flexibility index (Phi) is 4.27. The Morgan fingerprint density at radius 1 is 1.00 bits per heavy atom. The second kappa shape index (κ2) is 6.87. The topological polar surface area (TPSA) is 66.5 Å². The molecule has 0 aliphatic carbocycles. The summed E-state index contributed by atoms with van der Waals surface area (Å²) in [5, 5.41) is 3.97. The van der Waals surface area contributed by atoms with E-state index in [0.717, 1.165) is 40.4 Å². The van der Waals surface area contributed by atoms with Gasteiger partial charge in [0.1, 0.15) is 17.3 Å². The van der Waals surface area contributed by atoms with Crippen molar-refractivity contribution in [1.82, 2.24) is 19.9 Å². The van der Waals surface area contributed by atoms with Crippen molar-refractivity contribution in [1.29, 1.82) is 0 Å². The van der Waals surface area contributed by atoms with Gasteiger partial charge < -0.3 is 10.3 Å². The van der Waals surface area contributed by atoms with Crippen molar-refractivity contribution >= 4 is 17.0 Å². The lowest BCUT2D eigenvalue weighted by Gasteiger charge is -2.07. The van der Waals surface area contributed by atoms with Gasteiger partial charge in [0.25, 0.3) is 0 Å². The van der Waals surface area contributed by atoms with Crippen molar-refractivity contribution in [2.24, 2.45) is 0 Å². The lowest BCUT2D eigenvalue weighted by Crippen LogP contribution is -2.06. The van der Waals surface area contributed by atoms with Crippen LogP contribution >= 0.6 is 0 Å². The monoisotopic (exact) mass is 351 g/mol. The Balaban J connectivity index is 1.44. The van der Waals surface area contributed by atoms with Crippen LogP contribution in [0.2, 0.25) is 0 Å². The zero-order chi connectivity index (χ0) is 17.9. The van der Waals surface area contributed by atoms with Gasteiger partial charge in [-0.1, -0.05) is 0 Å². The molecule has 0 bridgehead atoms. The van der Waals surface area contributed by atoms with Crippen LogP contribution in [-0.2, 0) is 13.0 Å². The molecule has 0 unspecified atom stereocenters. The lowest BCUT2D eigenvalue weighted by atomic mass is 10.1. The van der Waals surface area contributed by atoms with Gasteiger partial charge in [-0.05, 0) is 41.5 Å². The Morgan fingerprint density at radius 3 is 2.69 bits per heavy atom. The summed E-state index contributed by atoms with van der Waals surface area (Å²) in [6.45, 7) is 0.108. The third-order valence-electron chi connectivity index (χ3n) is 4.08. The first-order chi connectivity index (χ1) is 12.7. The fourth-order valence-corrected chi connectivity index (χ4v) is 2.77. The number of aromatic amines is 1. The van der Waals surface area contributed by atoms with Crippen molar-refractivity contribution in [3.8, 4) is 0 Å². The summed E-state index contributed by atoms with van der Waals surface area (Å²) in [4.78, 5) is 15.9. The standard InChI is InChI=1S/C19H15F2N5/c20-15-3-4-17(21)14(7-15)11-26-19-24-8-12(9-25-19)6-13-10-23-18-16(13)2-1-5-22-18/h1-5,7-10H,6,11H2,(H,22,23)(H,24,25,26). The van der Waals surface area contributed by atoms with Crippen LogP contribution in [0.25, 0.3) is 11.0 Å². The van der Waals surface area contributed by atoms with Crippen LogP contribution in [0.3, 0.4) is 0 Å². The summed E-state index contributed by atoms with van der Waals surface area (Å²) in [5.74, 6) is -0.589. The summed E-state index contributed by atoms with van der Waals surface area (Å²) >= 11 is 0. The maximum atomic E-state index is 13.6. The number of hydrogen-bond acceptors (Lipinski definition) is 4. The minimum Gasteiger partial charge on any atom is -0.350 e. The molecule has 0 saturated carbocycles. The molecule has 130 valence electrons. The van der Waals surface area contributed by atoms with Crippen molar-refractivity contribution in [3.63, 3.8) is 0 Å². The highest BCUT2D eigenvalue weighted by atomic mass is 19.1. The number of rotatable bonds is 5. The van der Waals surface area contributed by atoms with E-state index in [0.29, 0.717) is 12.4 Å². The molecule has 3 heterocycles. The number of pyridine rings is 1. The number of halogens is 2. The lowest BCUT2D eigenvalue weighted by molar-refractivity contribution is 0.587. The van der Waals surface area contributed by atoms with E-state index in [-0.39, 0.29) is 12.1 Å². The fraction of sp³-hybridized carbons (Fsp3) is 0.105. The van der Waals surface area contributed by atoms with Crippen LogP contribution in [0.15, 0.2) is 55.1 Å². The number of nitrogens with one attached hydrogen (secondary N) is 2. The molecule has 0 fully saturated rings. The summed E-state index contributed by atoms with van der Waals surface area (Å²) in [6, 6.07) is 7.26. The second-order valence-corrected chi connectivity index (χ2v) is 5.89. The van der Waals surface area contributed by atoms with Gasteiger partial charge in [-0.25, -0.2) is 23.7 Å². The van der Waals surface area contributed by atoms with E-state index in [1.54, 1.807) is 18.6 Å². The number of aromatic nitrogens is 4. The van der Waals surface area contributed by atoms with Crippen LogP contribution in [0.4, 0.5) is 14.7 Å². The number of H-pyrrole nitrogens is 1. The van der Waals surface area contributed by atoms with E-state index >= 15 is 0 Å². The highest BCUT2D eigenvalue weighted by Gasteiger charge is 2.07. The summed E-state index contributed by atoms with van der Waals surface area (Å²) in [7, 11) is 0. The molecule has 4 aromatic rings. The van der Waals surface area contributed by atoms with Gasteiger partial charge in [0.2, 0.25) is 5.95 Å². The average molecular weight is 351 g/mol. The molecule has 5 nitrogen and oxygen atoms in total. The van der Waals surface area contributed by atoms with E-state index in [9.17, 15) is 8.78 Å². The van der Waals surface area contributed by atoms with E-state index in [4.69, 9.17) is 0 Å². The SMILES string of the molecule is Fc1ccc(F)c(CNc2ncc(Cc3c[nH]c4ncccc34)cn2)c1. The van der Waals surface area contributed by atoms with Gasteiger partial charge in [-0.15, -0.1) is 0 Å². The van der Waals surface area contributed by atoms with Gasteiger partial charge in [0.05, 0.1) is 0 Å². The predicted octanol–water partition coefficient (Wildman–Crippen LogP) is 3.83. The molecule has 3 aromatic heterocycles. The predicted molar refractivity (Wildman–Crippen MR) is 94.6 cm³/mol. The summed E-state index contributed by atoms with van der Waals surface area (Å²) in [5.41, 5.74) is 3.12. The first-order valence-electron chi connectivity index (χ1n) is 8.09. The Hall–Kier alpha value is -3.35. The number of fused-ring (bicyclic) bond motifs is 1. The summed E-state index contributed by atoms with van der Waals surface area (Å²) in [6.07, 6.45) is 7.77. The van der Waals surface area contributed by atoms with Gasteiger partial charge in [-0.2, -0.15) is 0 Å². The van der Waals surface area contributed by atoms with Gasteiger partial charge in [0.15, 0.2) is 0 Å². The Morgan fingerprint density at radius 2 is 1.85 bits per heavy atom. The van der Waals surface area contributed by atoms with Crippen LogP contribution in [0.1, 0.15) is 16.7 Å². The minimum atomic E-state index is -0.479. The molecule has 4 rings (SSSR count). The maximum Gasteiger partial charge on any atom is 0.222 e. The number of hydrogen-bond donors (Lipinski definition) is 2. The fourth-order valence-electron chi connectivity index (χ4n) is 2.77. The molecule has 2 N–H and O–H groups in total. The third-order valence-corrected chi connectivity index (χ3v) is 4.08. The molecule has 26 heavy (non-hydrogen) atoms. The number of anilines is 1. The first kappa shape index (κ1) is 16.1. The molecule has 0 aliphatic heterocycles. The molecular weight excluding hydrogens is 336 g/mol. The highest BCUT2D eigenvalue weighted by molar-refractivity contribution is 5.79. The molecule has 0 saturated heterocycles. The average Bonchev–Trinajstić information content (AvgIpc) is 3.07. The van der Waals surface area contributed by atoms with E-state index in [1.807, 2.05) is 18.3 Å². The van der Waals surface area contributed by atoms with Gasteiger partial charge >= 0.3 is 0 Å². The number of benzene rings is 1. The quantitative estimate of drug-likeness (QED) is 0.573. The second-order valence-electron chi connectivity index (χ2n) is 5.89. The van der Waals surface area contributed by atoms with E-state index in [2.05, 4.69) is 25.3 Å². The van der Waals surface area contributed by atoms with E-state index in [1.165, 1.54) is 0 Å². The first-order valence-corrected chi connectivity index (χ1v) is 8.09. The van der Waals surface area contributed by atoms with Crippen molar-refractivity contribution in [3.05, 3.63) is 83.4 Å². The zero-order valence-electron chi connectivity index (χ0n) is 13.7. The molecule has 0 spiro atoms. The third kappa shape index (κ3) is 3.37. The Labute approximate surface area is 148 Å². The minimum absolute atomic E-state index is 0.108.